The lowest BCUT2D eigenvalue weighted by molar-refractivity contribution is 1.35. The van der Waals surface area contributed by atoms with E-state index in [0.29, 0.717) is 5.82 Å². The quantitative estimate of drug-likeness (QED) is 0.644. The number of hydrogen-bond donors (Lipinski definition) is 1. The number of rotatable bonds is 0. The van der Waals surface area contributed by atoms with Gasteiger partial charge in [-0.25, -0.2) is 4.98 Å². The summed E-state index contributed by atoms with van der Waals surface area (Å²) in [5, 5.41) is 2.09. The number of aryl methyl sites for hydroxylation is 2. The molecule has 0 saturated heterocycles. The second-order valence-corrected chi connectivity index (χ2v) is 4.79. The van der Waals surface area contributed by atoms with E-state index >= 15 is 0 Å². The van der Waals surface area contributed by atoms with Gasteiger partial charge in [-0.05, 0) is 54.7 Å². The standard InChI is InChI=1S/C12H11N3S/c1-6-3-8-5-9-11(13)15-16-12(9)14-10(8)4-7(6)2/h3-5H,1-2H3,(H2,13,15). The molecule has 3 nitrogen and oxygen atoms in total. The molecular formula is C12H11N3S. The number of benzene rings is 1. The molecule has 2 heterocycles. The molecule has 0 radical (unpaired) electrons. The number of anilines is 1. The molecule has 3 rings (SSSR count). The minimum atomic E-state index is 0.577. The van der Waals surface area contributed by atoms with Gasteiger partial charge in [0, 0.05) is 5.39 Å². The van der Waals surface area contributed by atoms with Gasteiger partial charge in [-0.3, -0.25) is 0 Å². The highest BCUT2D eigenvalue weighted by Crippen LogP contribution is 2.28. The van der Waals surface area contributed by atoms with Crippen molar-refractivity contribution in [2.75, 3.05) is 5.73 Å². The molecule has 0 spiro atoms. The third kappa shape index (κ3) is 1.27. The van der Waals surface area contributed by atoms with Gasteiger partial charge in [-0.15, -0.1) is 0 Å². The van der Waals surface area contributed by atoms with E-state index in [2.05, 4.69) is 41.4 Å². The lowest BCUT2D eigenvalue weighted by Gasteiger charge is -2.03. The molecule has 80 valence electrons. The molecule has 4 heteroatoms. The van der Waals surface area contributed by atoms with E-state index in [1.54, 1.807) is 0 Å². The van der Waals surface area contributed by atoms with Crippen LogP contribution in [0.25, 0.3) is 21.1 Å². The maximum absolute atomic E-state index is 5.79. The van der Waals surface area contributed by atoms with Crippen molar-refractivity contribution >= 4 is 38.5 Å². The molecule has 0 atom stereocenters. The molecule has 2 N–H and O–H groups in total. The van der Waals surface area contributed by atoms with Gasteiger partial charge in [-0.1, -0.05) is 0 Å². The summed E-state index contributed by atoms with van der Waals surface area (Å²) in [6, 6.07) is 6.33. The van der Waals surface area contributed by atoms with E-state index in [1.807, 2.05) is 0 Å². The Morgan fingerprint density at radius 2 is 1.88 bits per heavy atom. The average Bonchev–Trinajstić information content (AvgIpc) is 2.59. The Morgan fingerprint density at radius 3 is 2.69 bits per heavy atom. The molecule has 0 unspecified atom stereocenters. The molecule has 0 bridgehead atoms. The van der Waals surface area contributed by atoms with Crippen LogP contribution < -0.4 is 5.73 Å². The van der Waals surface area contributed by atoms with E-state index in [4.69, 9.17) is 5.73 Å². The maximum Gasteiger partial charge on any atom is 0.146 e. The van der Waals surface area contributed by atoms with Crippen LogP contribution in [0.3, 0.4) is 0 Å². The normalized spacial score (nSPS) is 11.4. The smallest absolute Gasteiger partial charge is 0.146 e. The van der Waals surface area contributed by atoms with Crippen LogP contribution >= 0.6 is 11.5 Å². The number of hydrogen-bond acceptors (Lipinski definition) is 4. The summed E-state index contributed by atoms with van der Waals surface area (Å²) >= 11 is 1.35. The highest BCUT2D eigenvalue weighted by Gasteiger charge is 2.07. The summed E-state index contributed by atoms with van der Waals surface area (Å²) in [5.74, 6) is 0.577. The van der Waals surface area contributed by atoms with Gasteiger partial charge < -0.3 is 5.73 Å². The van der Waals surface area contributed by atoms with E-state index < -0.39 is 0 Å². The lowest BCUT2D eigenvalue weighted by Crippen LogP contribution is -1.87. The summed E-state index contributed by atoms with van der Waals surface area (Å²) in [7, 11) is 0. The predicted molar refractivity (Wildman–Crippen MR) is 68.8 cm³/mol. The van der Waals surface area contributed by atoms with Crippen molar-refractivity contribution in [3.8, 4) is 0 Å². The van der Waals surface area contributed by atoms with Crippen LogP contribution in [0.2, 0.25) is 0 Å². The van der Waals surface area contributed by atoms with Crippen molar-refractivity contribution in [2.45, 2.75) is 13.8 Å². The number of nitrogens with two attached hydrogens (primary N) is 1. The number of nitrogens with zero attached hydrogens (tertiary/aromatic N) is 2. The third-order valence-electron chi connectivity index (χ3n) is 2.90. The summed E-state index contributed by atoms with van der Waals surface area (Å²) < 4.78 is 4.12. The molecule has 2 aromatic heterocycles. The van der Waals surface area contributed by atoms with Crippen molar-refractivity contribution in [3.63, 3.8) is 0 Å². The van der Waals surface area contributed by atoms with Crippen molar-refractivity contribution in [3.05, 3.63) is 29.3 Å². The second kappa shape index (κ2) is 3.15. The molecular weight excluding hydrogens is 218 g/mol. The van der Waals surface area contributed by atoms with Gasteiger partial charge in [0.05, 0.1) is 10.9 Å². The topological polar surface area (TPSA) is 51.8 Å². The Labute approximate surface area is 97.1 Å². The van der Waals surface area contributed by atoms with E-state index in [-0.39, 0.29) is 0 Å². The number of pyridine rings is 1. The van der Waals surface area contributed by atoms with Gasteiger partial charge in [0.2, 0.25) is 0 Å². The van der Waals surface area contributed by atoms with Crippen molar-refractivity contribution < 1.29 is 0 Å². The first kappa shape index (κ1) is 9.54. The molecule has 0 aliphatic carbocycles. The maximum atomic E-state index is 5.79. The summed E-state index contributed by atoms with van der Waals surface area (Å²) in [5.41, 5.74) is 9.34. The SMILES string of the molecule is Cc1cc2cc3c(N)nsc3nc2cc1C. The number of fused-ring (bicyclic) bond motifs is 2. The zero-order chi connectivity index (χ0) is 11.3. The fourth-order valence-electron chi connectivity index (χ4n) is 1.82. The van der Waals surface area contributed by atoms with Gasteiger partial charge in [0.1, 0.15) is 10.6 Å². The largest absolute Gasteiger partial charge is 0.382 e. The molecule has 1 aromatic carbocycles. The predicted octanol–water partition coefficient (Wildman–Crippen LogP) is 3.04. The van der Waals surface area contributed by atoms with Crippen molar-refractivity contribution in [2.24, 2.45) is 0 Å². The number of nitrogen functional groups attached to an aromatic ring is 1. The fourth-order valence-corrected chi connectivity index (χ4v) is 2.50. The zero-order valence-electron chi connectivity index (χ0n) is 9.11. The van der Waals surface area contributed by atoms with Crippen LogP contribution in [0.1, 0.15) is 11.1 Å². The molecule has 0 amide bonds. The highest BCUT2D eigenvalue weighted by molar-refractivity contribution is 7.13. The summed E-state index contributed by atoms with van der Waals surface area (Å²) in [4.78, 5) is 5.49. The third-order valence-corrected chi connectivity index (χ3v) is 3.67. The fraction of sp³-hybridized carbons (Fsp3) is 0.167. The average molecular weight is 229 g/mol. The first-order valence-corrected chi connectivity index (χ1v) is 5.85. The van der Waals surface area contributed by atoms with Gasteiger partial charge in [0.25, 0.3) is 0 Å². The van der Waals surface area contributed by atoms with Crippen LogP contribution in [0.5, 0.6) is 0 Å². The van der Waals surface area contributed by atoms with Crippen LogP contribution in [-0.4, -0.2) is 9.36 Å². The Kier molecular flexibility index (Phi) is 1.88. The number of aromatic nitrogens is 2. The summed E-state index contributed by atoms with van der Waals surface area (Å²) in [6.07, 6.45) is 0. The molecule has 0 saturated carbocycles. The van der Waals surface area contributed by atoms with Gasteiger partial charge in [-0.2, -0.15) is 4.37 Å². The Balaban J connectivity index is 2.48. The minimum Gasteiger partial charge on any atom is -0.382 e. The Hall–Kier alpha value is -1.68. The lowest BCUT2D eigenvalue weighted by atomic mass is 10.1. The molecule has 16 heavy (non-hydrogen) atoms. The van der Waals surface area contributed by atoms with Gasteiger partial charge in [0.15, 0.2) is 0 Å². The van der Waals surface area contributed by atoms with Crippen LogP contribution in [0, 0.1) is 13.8 Å². The van der Waals surface area contributed by atoms with Gasteiger partial charge >= 0.3 is 0 Å². The Morgan fingerprint density at radius 1 is 1.12 bits per heavy atom. The van der Waals surface area contributed by atoms with Crippen molar-refractivity contribution in [1.29, 1.82) is 0 Å². The van der Waals surface area contributed by atoms with E-state index in [9.17, 15) is 0 Å². The van der Waals surface area contributed by atoms with Crippen molar-refractivity contribution in [1.82, 2.24) is 9.36 Å². The molecule has 0 aliphatic heterocycles. The first-order valence-electron chi connectivity index (χ1n) is 5.08. The van der Waals surface area contributed by atoms with Crippen LogP contribution in [0.4, 0.5) is 5.82 Å². The molecule has 3 aromatic rings. The zero-order valence-corrected chi connectivity index (χ0v) is 9.93. The molecule has 0 aliphatic rings. The first-order chi connectivity index (χ1) is 7.65. The monoisotopic (exact) mass is 229 g/mol. The van der Waals surface area contributed by atoms with Crippen LogP contribution in [-0.2, 0) is 0 Å². The van der Waals surface area contributed by atoms with E-state index in [0.717, 1.165) is 21.1 Å². The van der Waals surface area contributed by atoms with E-state index in [1.165, 1.54) is 22.7 Å². The highest BCUT2D eigenvalue weighted by atomic mass is 32.1. The minimum absolute atomic E-state index is 0.577. The second-order valence-electron chi connectivity index (χ2n) is 4.04. The molecule has 0 fully saturated rings. The Bertz CT molecular complexity index is 700. The van der Waals surface area contributed by atoms with Crippen LogP contribution in [0.15, 0.2) is 18.2 Å². The summed E-state index contributed by atoms with van der Waals surface area (Å²) in [6.45, 7) is 4.20.